The Bertz CT molecular complexity index is 492. The van der Waals surface area contributed by atoms with Gasteiger partial charge in [0.05, 0.1) is 12.5 Å². The summed E-state index contributed by atoms with van der Waals surface area (Å²) in [6.07, 6.45) is 1.50. The number of aryl methyl sites for hydroxylation is 1. The van der Waals surface area contributed by atoms with E-state index in [0.29, 0.717) is 24.8 Å². The Balaban J connectivity index is 2.26. The topological polar surface area (TPSA) is 75.5 Å². The molecule has 0 bridgehead atoms. The summed E-state index contributed by atoms with van der Waals surface area (Å²) in [7, 11) is 1.56. The summed E-state index contributed by atoms with van der Waals surface area (Å²) >= 11 is 0. The molecule has 1 atom stereocenters. The number of aromatic nitrogens is 2. The van der Waals surface area contributed by atoms with Crippen molar-refractivity contribution in [3.05, 3.63) is 11.8 Å². The predicted molar refractivity (Wildman–Crippen MR) is 70.5 cm³/mol. The van der Waals surface area contributed by atoms with E-state index in [9.17, 15) is 9.90 Å². The first-order valence-electron chi connectivity index (χ1n) is 6.33. The first-order chi connectivity index (χ1) is 8.94. The Labute approximate surface area is 112 Å². The number of ether oxygens (including phenoxy) is 1. The van der Waals surface area contributed by atoms with Crippen LogP contribution < -0.4 is 9.64 Å². The molecular formula is C13H19N3O3. The summed E-state index contributed by atoms with van der Waals surface area (Å²) in [5.41, 5.74) is 0.0722. The summed E-state index contributed by atoms with van der Waals surface area (Å²) in [6, 6.07) is 1.75. The number of aliphatic carboxylic acids is 1. The van der Waals surface area contributed by atoms with Crippen LogP contribution in [-0.2, 0) is 4.79 Å². The predicted octanol–water partition coefficient (Wildman–Crippen LogP) is 1.48. The van der Waals surface area contributed by atoms with E-state index in [1.54, 1.807) is 20.1 Å². The highest BCUT2D eigenvalue weighted by Crippen LogP contribution is 2.31. The average molecular weight is 265 g/mol. The van der Waals surface area contributed by atoms with Crippen molar-refractivity contribution < 1.29 is 14.6 Å². The van der Waals surface area contributed by atoms with Crippen molar-refractivity contribution in [3.8, 4) is 5.88 Å². The van der Waals surface area contributed by atoms with Crippen LogP contribution in [0.3, 0.4) is 0 Å². The third kappa shape index (κ3) is 2.77. The lowest BCUT2D eigenvalue weighted by molar-refractivity contribution is -0.148. The van der Waals surface area contributed by atoms with Crippen molar-refractivity contribution in [1.82, 2.24) is 9.97 Å². The van der Waals surface area contributed by atoms with Crippen LogP contribution >= 0.6 is 0 Å². The molecule has 1 unspecified atom stereocenters. The smallest absolute Gasteiger partial charge is 0.311 e. The molecule has 1 aliphatic heterocycles. The van der Waals surface area contributed by atoms with Crippen molar-refractivity contribution in [2.75, 3.05) is 25.1 Å². The number of hydrogen-bond donors (Lipinski definition) is 1. The Kier molecular flexibility index (Phi) is 3.59. The van der Waals surface area contributed by atoms with Crippen molar-refractivity contribution in [1.29, 1.82) is 0 Å². The summed E-state index contributed by atoms with van der Waals surface area (Å²) < 4.78 is 5.13. The highest BCUT2D eigenvalue weighted by Gasteiger charge is 2.38. The van der Waals surface area contributed by atoms with Crippen molar-refractivity contribution in [2.24, 2.45) is 5.41 Å². The fourth-order valence-electron chi connectivity index (χ4n) is 2.36. The maximum Gasteiger partial charge on any atom is 0.311 e. The molecular weight excluding hydrogens is 246 g/mol. The number of carbonyl (C=O) groups is 1. The van der Waals surface area contributed by atoms with Crippen LogP contribution in [0.25, 0.3) is 0 Å². The van der Waals surface area contributed by atoms with Gasteiger partial charge >= 0.3 is 5.97 Å². The van der Waals surface area contributed by atoms with Gasteiger partial charge in [-0.15, -0.1) is 0 Å². The molecule has 2 heterocycles. The van der Waals surface area contributed by atoms with Crippen LogP contribution in [0.15, 0.2) is 6.07 Å². The summed E-state index contributed by atoms with van der Waals surface area (Å²) in [5, 5.41) is 9.33. The van der Waals surface area contributed by atoms with Crippen LogP contribution in [0.4, 0.5) is 5.95 Å². The third-order valence-electron chi connectivity index (χ3n) is 3.52. The molecule has 0 saturated carbocycles. The quantitative estimate of drug-likeness (QED) is 0.892. The number of piperidine rings is 1. The van der Waals surface area contributed by atoms with Gasteiger partial charge in [0.15, 0.2) is 0 Å². The second kappa shape index (κ2) is 5.03. The zero-order valence-electron chi connectivity index (χ0n) is 11.5. The highest BCUT2D eigenvalue weighted by molar-refractivity contribution is 5.75. The fraction of sp³-hybridized carbons (Fsp3) is 0.615. The van der Waals surface area contributed by atoms with Gasteiger partial charge in [0.2, 0.25) is 11.8 Å². The van der Waals surface area contributed by atoms with Gasteiger partial charge < -0.3 is 14.7 Å². The van der Waals surface area contributed by atoms with Gasteiger partial charge in [-0.05, 0) is 26.7 Å². The zero-order valence-corrected chi connectivity index (χ0v) is 11.5. The van der Waals surface area contributed by atoms with E-state index < -0.39 is 11.4 Å². The minimum Gasteiger partial charge on any atom is -0.481 e. The Morgan fingerprint density at radius 2 is 2.26 bits per heavy atom. The van der Waals surface area contributed by atoms with Crippen LogP contribution in [0, 0.1) is 12.3 Å². The van der Waals surface area contributed by atoms with Crippen LogP contribution in [0.5, 0.6) is 5.88 Å². The van der Waals surface area contributed by atoms with E-state index in [1.165, 1.54) is 0 Å². The number of rotatable bonds is 3. The molecule has 0 radical (unpaired) electrons. The molecule has 1 aromatic heterocycles. The fourth-order valence-corrected chi connectivity index (χ4v) is 2.36. The molecule has 104 valence electrons. The van der Waals surface area contributed by atoms with Gasteiger partial charge in [0.1, 0.15) is 0 Å². The standard InChI is InChI=1S/C13H19N3O3/c1-9-7-10(19-3)15-12(14-9)16-6-4-5-13(2,8-16)11(17)18/h7H,4-6,8H2,1-3H3,(H,17,18). The van der Waals surface area contributed by atoms with Gasteiger partial charge in [0, 0.05) is 24.8 Å². The molecule has 1 aromatic rings. The van der Waals surface area contributed by atoms with E-state index in [1.807, 2.05) is 11.8 Å². The highest BCUT2D eigenvalue weighted by atomic mass is 16.5. The lowest BCUT2D eigenvalue weighted by Gasteiger charge is -2.37. The molecule has 0 aromatic carbocycles. The first-order valence-corrected chi connectivity index (χ1v) is 6.33. The molecule has 1 fully saturated rings. The number of carboxylic acids is 1. The van der Waals surface area contributed by atoms with Gasteiger partial charge in [0.25, 0.3) is 0 Å². The van der Waals surface area contributed by atoms with Crippen molar-refractivity contribution in [3.63, 3.8) is 0 Å². The molecule has 1 N–H and O–H groups in total. The minimum atomic E-state index is -0.767. The largest absolute Gasteiger partial charge is 0.481 e. The Morgan fingerprint density at radius 3 is 2.89 bits per heavy atom. The molecule has 6 heteroatoms. The second-order valence-electron chi connectivity index (χ2n) is 5.24. The van der Waals surface area contributed by atoms with Crippen molar-refractivity contribution in [2.45, 2.75) is 26.7 Å². The number of hydrogen-bond acceptors (Lipinski definition) is 5. The van der Waals surface area contributed by atoms with Crippen LogP contribution in [0.2, 0.25) is 0 Å². The number of anilines is 1. The molecule has 0 amide bonds. The van der Waals surface area contributed by atoms with E-state index in [2.05, 4.69) is 9.97 Å². The minimum absolute atomic E-state index is 0.426. The Morgan fingerprint density at radius 1 is 1.53 bits per heavy atom. The third-order valence-corrected chi connectivity index (χ3v) is 3.52. The summed E-state index contributed by atoms with van der Waals surface area (Å²) in [5.74, 6) is 0.283. The monoisotopic (exact) mass is 265 g/mol. The van der Waals surface area contributed by atoms with Gasteiger partial charge in [-0.2, -0.15) is 4.98 Å². The summed E-state index contributed by atoms with van der Waals surface area (Å²) in [4.78, 5) is 21.9. The van der Waals surface area contributed by atoms with E-state index in [0.717, 1.165) is 18.7 Å². The lowest BCUT2D eigenvalue weighted by atomic mass is 9.82. The molecule has 6 nitrogen and oxygen atoms in total. The Hall–Kier alpha value is -1.85. The van der Waals surface area contributed by atoms with Crippen LogP contribution in [0.1, 0.15) is 25.5 Å². The number of nitrogens with zero attached hydrogens (tertiary/aromatic N) is 3. The maximum atomic E-state index is 11.4. The molecule has 0 spiro atoms. The second-order valence-corrected chi connectivity index (χ2v) is 5.24. The maximum absolute atomic E-state index is 11.4. The molecule has 1 aliphatic rings. The number of methoxy groups -OCH3 is 1. The molecule has 0 aliphatic carbocycles. The van der Waals surface area contributed by atoms with Gasteiger partial charge in [-0.1, -0.05) is 0 Å². The molecule has 1 saturated heterocycles. The lowest BCUT2D eigenvalue weighted by Crippen LogP contribution is -2.46. The van der Waals surface area contributed by atoms with E-state index >= 15 is 0 Å². The van der Waals surface area contributed by atoms with Crippen LogP contribution in [-0.4, -0.2) is 41.2 Å². The van der Waals surface area contributed by atoms with Crippen molar-refractivity contribution >= 4 is 11.9 Å². The van der Waals surface area contributed by atoms with E-state index in [-0.39, 0.29) is 0 Å². The van der Waals surface area contributed by atoms with Gasteiger partial charge in [-0.3, -0.25) is 4.79 Å². The average Bonchev–Trinajstić information content (AvgIpc) is 2.38. The molecule has 2 rings (SSSR count). The number of carboxylic acid groups (broad SMARTS) is 1. The SMILES string of the molecule is COc1cc(C)nc(N2CCCC(C)(C(=O)O)C2)n1. The zero-order chi connectivity index (χ0) is 14.0. The normalized spacial score (nSPS) is 23.2. The summed E-state index contributed by atoms with van der Waals surface area (Å²) in [6.45, 7) is 4.84. The van der Waals surface area contributed by atoms with E-state index in [4.69, 9.17) is 4.74 Å². The van der Waals surface area contributed by atoms with Gasteiger partial charge in [-0.25, -0.2) is 4.98 Å². The molecule has 19 heavy (non-hydrogen) atoms. The first kappa shape index (κ1) is 13.6.